The fourth-order valence-electron chi connectivity index (χ4n) is 4.91. The SMILES string of the molecule is CCCCCCC1(C#N)CCC(c2ccc(-c3ccc(CCC)cc3)cc2)CC1. The van der Waals surface area contributed by atoms with Gasteiger partial charge in [0.2, 0.25) is 0 Å². The Morgan fingerprint density at radius 2 is 1.45 bits per heavy atom. The zero-order valence-electron chi connectivity index (χ0n) is 18.4. The van der Waals surface area contributed by atoms with Gasteiger partial charge in [-0.15, -0.1) is 0 Å². The molecular weight excluding hydrogens is 350 g/mol. The van der Waals surface area contributed by atoms with E-state index in [1.807, 2.05) is 0 Å². The van der Waals surface area contributed by atoms with E-state index in [0.29, 0.717) is 5.92 Å². The summed E-state index contributed by atoms with van der Waals surface area (Å²) in [6.45, 7) is 4.48. The summed E-state index contributed by atoms with van der Waals surface area (Å²) in [4.78, 5) is 0. The van der Waals surface area contributed by atoms with Crippen molar-refractivity contribution in [3.63, 3.8) is 0 Å². The highest BCUT2D eigenvalue weighted by atomic mass is 14.4. The van der Waals surface area contributed by atoms with E-state index in [9.17, 15) is 5.26 Å². The molecule has 0 aromatic heterocycles. The summed E-state index contributed by atoms with van der Waals surface area (Å²) in [5, 5.41) is 9.82. The summed E-state index contributed by atoms with van der Waals surface area (Å²) < 4.78 is 0. The van der Waals surface area contributed by atoms with Crippen LogP contribution >= 0.6 is 0 Å². The van der Waals surface area contributed by atoms with Crippen LogP contribution in [0, 0.1) is 16.7 Å². The van der Waals surface area contributed by atoms with Crippen molar-refractivity contribution in [2.45, 2.75) is 90.4 Å². The van der Waals surface area contributed by atoms with Crippen LogP contribution in [0.25, 0.3) is 11.1 Å². The first-order chi connectivity index (χ1) is 14.2. The highest BCUT2D eigenvalue weighted by molar-refractivity contribution is 5.64. The first-order valence-electron chi connectivity index (χ1n) is 11.8. The van der Waals surface area contributed by atoms with Crippen LogP contribution in [-0.4, -0.2) is 0 Å². The number of aryl methyl sites for hydroxylation is 1. The molecular formula is C28H37N. The average molecular weight is 388 g/mol. The molecule has 154 valence electrons. The van der Waals surface area contributed by atoms with E-state index in [1.54, 1.807) is 0 Å². The van der Waals surface area contributed by atoms with Gasteiger partial charge in [-0.05, 0) is 66.7 Å². The van der Waals surface area contributed by atoms with Crippen LogP contribution in [0.1, 0.15) is 95.1 Å². The van der Waals surface area contributed by atoms with E-state index in [4.69, 9.17) is 0 Å². The first kappa shape index (κ1) is 21.6. The molecule has 0 heterocycles. The van der Waals surface area contributed by atoms with Crippen molar-refractivity contribution in [2.75, 3.05) is 0 Å². The van der Waals surface area contributed by atoms with E-state index < -0.39 is 0 Å². The number of nitrogens with zero attached hydrogens (tertiary/aromatic N) is 1. The maximum absolute atomic E-state index is 9.82. The Kier molecular flexibility index (Phi) is 7.93. The molecule has 0 radical (unpaired) electrons. The lowest BCUT2D eigenvalue weighted by Crippen LogP contribution is -2.25. The van der Waals surface area contributed by atoms with Crippen molar-refractivity contribution in [1.82, 2.24) is 0 Å². The molecule has 1 aliphatic carbocycles. The maximum Gasteiger partial charge on any atom is 0.0689 e. The molecule has 0 spiro atoms. The number of hydrogen-bond acceptors (Lipinski definition) is 1. The van der Waals surface area contributed by atoms with Crippen LogP contribution in [0.2, 0.25) is 0 Å². The van der Waals surface area contributed by atoms with Gasteiger partial charge in [0.05, 0.1) is 11.5 Å². The fraction of sp³-hybridized carbons (Fsp3) is 0.536. The Labute approximate surface area is 178 Å². The van der Waals surface area contributed by atoms with Crippen LogP contribution in [0.15, 0.2) is 48.5 Å². The van der Waals surface area contributed by atoms with Gasteiger partial charge in [-0.2, -0.15) is 5.26 Å². The molecule has 0 atom stereocenters. The zero-order valence-corrected chi connectivity index (χ0v) is 18.4. The number of nitriles is 1. The van der Waals surface area contributed by atoms with Crippen LogP contribution in [0.3, 0.4) is 0 Å². The Morgan fingerprint density at radius 3 is 2.00 bits per heavy atom. The summed E-state index contributed by atoms with van der Waals surface area (Å²) >= 11 is 0. The minimum absolute atomic E-state index is 0.0512. The summed E-state index contributed by atoms with van der Waals surface area (Å²) in [5.74, 6) is 0.619. The summed E-state index contributed by atoms with van der Waals surface area (Å²) in [6.07, 6.45) is 13.0. The number of rotatable bonds is 9. The highest BCUT2D eigenvalue weighted by Gasteiger charge is 2.35. The lowest BCUT2D eigenvalue weighted by atomic mass is 9.67. The van der Waals surface area contributed by atoms with E-state index >= 15 is 0 Å². The maximum atomic E-state index is 9.82. The topological polar surface area (TPSA) is 23.8 Å². The van der Waals surface area contributed by atoms with Gasteiger partial charge < -0.3 is 0 Å². The van der Waals surface area contributed by atoms with Crippen molar-refractivity contribution in [3.05, 3.63) is 59.7 Å². The second-order valence-electron chi connectivity index (χ2n) is 9.05. The highest BCUT2D eigenvalue weighted by Crippen LogP contribution is 2.45. The minimum atomic E-state index is -0.0512. The standard InChI is InChI=1S/C28H37N/c1-3-5-6-7-19-28(22-29)20-17-27(18-21-28)26-15-13-25(14-16-26)24-11-9-23(8-4-2)10-12-24/h9-16,27H,3-8,17-21H2,1-2H3. The normalized spacial score (nSPS) is 21.6. The van der Waals surface area contributed by atoms with Gasteiger partial charge in [0, 0.05) is 0 Å². The van der Waals surface area contributed by atoms with Gasteiger partial charge in [0.15, 0.2) is 0 Å². The molecule has 2 aromatic carbocycles. The van der Waals surface area contributed by atoms with Crippen molar-refractivity contribution in [1.29, 1.82) is 5.26 Å². The van der Waals surface area contributed by atoms with E-state index in [0.717, 1.165) is 38.5 Å². The van der Waals surface area contributed by atoms with E-state index in [1.165, 1.54) is 54.4 Å². The van der Waals surface area contributed by atoms with Crippen LogP contribution < -0.4 is 0 Å². The summed E-state index contributed by atoms with van der Waals surface area (Å²) in [5.41, 5.74) is 5.43. The molecule has 1 fully saturated rings. The predicted octanol–water partition coefficient (Wildman–Crippen LogP) is 8.44. The molecule has 0 saturated heterocycles. The molecule has 1 aliphatic rings. The molecule has 1 heteroatoms. The molecule has 0 unspecified atom stereocenters. The van der Waals surface area contributed by atoms with Crippen molar-refractivity contribution >= 4 is 0 Å². The molecule has 0 bridgehead atoms. The molecule has 0 N–H and O–H groups in total. The monoisotopic (exact) mass is 387 g/mol. The third-order valence-electron chi connectivity index (χ3n) is 6.90. The molecule has 2 aromatic rings. The number of unbranched alkanes of at least 4 members (excludes halogenated alkanes) is 3. The molecule has 0 amide bonds. The Hall–Kier alpha value is -2.07. The lowest BCUT2D eigenvalue weighted by Gasteiger charge is -2.35. The second kappa shape index (κ2) is 10.6. The lowest BCUT2D eigenvalue weighted by molar-refractivity contribution is 0.223. The zero-order chi connectivity index (χ0) is 20.5. The van der Waals surface area contributed by atoms with Crippen LogP contribution in [0.4, 0.5) is 0 Å². The fourth-order valence-corrected chi connectivity index (χ4v) is 4.91. The first-order valence-corrected chi connectivity index (χ1v) is 11.8. The molecule has 3 rings (SSSR count). The predicted molar refractivity (Wildman–Crippen MR) is 124 cm³/mol. The summed E-state index contributed by atoms with van der Waals surface area (Å²) in [6, 6.07) is 20.9. The van der Waals surface area contributed by atoms with E-state index in [2.05, 4.69) is 68.4 Å². The summed E-state index contributed by atoms with van der Waals surface area (Å²) in [7, 11) is 0. The smallest absolute Gasteiger partial charge is 0.0689 e. The quantitative estimate of drug-likeness (QED) is 0.396. The Morgan fingerprint density at radius 1 is 0.828 bits per heavy atom. The van der Waals surface area contributed by atoms with Gasteiger partial charge in [-0.25, -0.2) is 0 Å². The molecule has 1 nitrogen and oxygen atoms in total. The van der Waals surface area contributed by atoms with Gasteiger partial charge in [0.1, 0.15) is 0 Å². The minimum Gasteiger partial charge on any atom is -0.198 e. The third kappa shape index (κ3) is 5.72. The number of hydrogen-bond donors (Lipinski definition) is 0. The van der Waals surface area contributed by atoms with Gasteiger partial charge in [-0.1, -0.05) is 94.5 Å². The largest absolute Gasteiger partial charge is 0.198 e. The third-order valence-corrected chi connectivity index (χ3v) is 6.90. The Balaban J connectivity index is 1.57. The molecule has 0 aliphatic heterocycles. The van der Waals surface area contributed by atoms with Crippen molar-refractivity contribution in [2.24, 2.45) is 5.41 Å². The van der Waals surface area contributed by atoms with Crippen molar-refractivity contribution < 1.29 is 0 Å². The molecule has 1 saturated carbocycles. The van der Waals surface area contributed by atoms with Crippen molar-refractivity contribution in [3.8, 4) is 17.2 Å². The Bertz CT molecular complexity index is 771. The number of benzene rings is 2. The van der Waals surface area contributed by atoms with Crippen LogP contribution in [0.5, 0.6) is 0 Å². The van der Waals surface area contributed by atoms with Gasteiger partial charge in [-0.3, -0.25) is 0 Å². The average Bonchev–Trinajstić information content (AvgIpc) is 2.78. The van der Waals surface area contributed by atoms with Gasteiger partial charge >= 0.3 is 0 Å². The second-order valence-corrected chi connectivity index (χ2v) is 9.05. The van der Waals surface area contributed by atoms with E-state index in [-0.39, 0.29) is 5.41 Å². The van der Waals surface area contributed by atoms with Gasteiger partial charge in [0.25, 0.3) is 0 Å². The van der Waals surface area contributed by atoms with Crippen LogP contribution in [-0.2, 0) is 6.42 Å². The molecule has 29 heavy (non-hydrogen) atoms.